The van der Waals surface area contributed by atoms with Crippen molar-refractivity contribution < 1.29 is 0 Å². The van der Waals surface area contributed by atoms with Gasteiger partial charge in [0.2, 0.25) is 0 Å². The number of nitriles is 1. The number of aryl methyl sites for hydroxylation is 1. The van der Waals surface area contributed by atoms with Crippen molar-refractivity contribution in [3.8, 4) is 28.3 Å². The second-order valence-corrected chi connectivity index (χ2v) is 8.92. The maximum atomic E-state index is 10.1. The van der Waals surface area contributed by atoms with Gasteiger partial charge in [-0.3, -0.25) is 0 Å². The molecule has 2 heterocycles. The number of para-hydroxylation sites is 1. The zero-order chi connectivity index (χ0) is 22.9. The molecule has 2 aromatic heterocycles. The lowest BCUT2D eigenvalue weighted by Crippen LogP contribution is -2.03. The molecule has 0 bridgehead atoms. The molecule has 0 aliphatic carbocycles. The summed E-state index contributed by atoms with van der Waals surface area (Å²) in [6, 6.07) is 29.0. The third-order valence-corrected chi connectivity index (χ3v) is 6.43. The molecule has 0 unspecified atom stereocenters. The summed E-state index contributed by atoms with van der Waals surface area (Å²) in [4.78, 5) is 4.51. The van der Waals surface area contributed by atoms with Gasteiger partial charge in [0.1, 0.15) is 17.5 Å². The van der Waals surface area contributed by atoms with Crippen molar-refractivity contribution in [2.24, 2.45) is 0 Å². The molecule has 0 spiro atoms. The summed E-state index contributed by atoms with van der Waals surface area (Å²) in [6.45, 7) is 2.67. The number of rotatable bonds is 4. The minimum atomic E-state index is 0.259. The van der Waals surface area contributed by atoms with E-state index in [1.165, 1.54) is 5.56 Å². The molecule has 160 valence electrons. The molecular weight excluding hydrogens is 472 g/mol. The SMILES string of the molecule is Cc1nc(N)c(C#N)c(-c2cn(Cc3ccc(Br)cc3)c3ccccc23)c1-c1ccccc1. The quantitative estimate of drug-likeness (QED) is 0.295. The normalized spacial score (nSPS) is 10.9. The Hall–Kier alpha value is -3.88. The van der Waals surface area contributed by atoms with Crippen molar-refractivity contribution >= 4 is 32.7 Å². The van der Waals surface area contributed by atoms with E-state index in [0.717, 1.165) is 49.9 Å². The standard InChI is InChI=1S/C28H21BrN4/c1-18-26(20-7-3-2-4-8-20)27(23(15-30)28(31)32-18)24-17-33(25-10-6-5-9-22(24)25)16-19-11-13-21(29)14-12-19/h2-14,17H,16H2,1H3,(H2,31,32). The fraction of sp³-hybridized carbons (Fsp3) is 0.0714. The van der Waals surface area contributed by atoms with Gasteiger partial charge in [0.05, 0.1) is 0 Å². The smallest absolute Gasteiger partial charge is 0.142 e. The highest BCUT2D eigenvalue weighted by atomic mass is 79.9. The predicted octanol–water partition coefficient (Wildman–Crippen LogP) is 6.94. The second-order valence-electron chi connectivity index (χ2n) is 8.00. The first kappa shape index (κ1) is 21.0. The first-order valence-electron chi connectivity index (χ1n) is 10.6. The topological polar surface area (TPSA) is 67.6 Å². The third kappa shape index (κ3) is 3.79. The van der Waals surface area contributed by atoms with Crippen molar-refractivity contribution in [1.82, 2.24) is 9.55 Å². The minimum absolute atomic E-state index is 0.259. The monoisotopic (exact) mass is 492 g/mol. The number of nitrogens with zero attached hydrogens (tertiary/aromatic N) is 3. The fourth-order valence-corrected chi connectivity index (χ4v) is 4.69. The molecule has 5 rings (SSSR count). The van der Waals surface area contributed by atoms with Gasteiger partial charge in [-0.1, -0.05) is 76.6 Å². The lowest BCUT2D eigenvalue weighted by Gasteiger charge is -2.15. The molecule has 0 aliphatic rings. The molecule has 0 aliphatic heterocycles. The van der Waals surface area contributed by atoms with Crippen LogP contribution in [-0.2, 0) is 6.54 Å². The van der Waals surface area contributed by atoms with Gasteiger partial charge in [-0.05, 0) is 36.2 Å². The largest absolute Gasteiger partial charge is 0.383 e. The van der Waals surface area contributed by atoms with Crippen LogP contribution >= 0.6 is 15.9 Å². The number of hydrogen-bond acceptors (Lipinski definition) is 3. The van der Waals surface area contributed by atoms with Gasteiger partial charge in [-0.25, -0.2) is 4.98 Å². The number of nitrogen functional groups attached to an aromatic ring is 1. The first-order chi connectivity index (χ1) is 16.1. The van der Waals surface area contributed by atoms with Crippen LogP contribution in [0.2, 0.25) is 0 Å². The zero-order valence-corrected chi connectivity index (χ0v) is 19.7. The van der Waals surface area contributed by atoms with Gasteiger partial charge >= 0.3 is 0 Å². The van der Waals surface area contributed by atoms with Gasteiger partial charge < -0.3 is 10.3 Å². The number of hydrogen-bond donors (Lipinski definition) is 1. The number of aromatic nitrogens is 2. The van der Waals surface area contributed by atoms with E-state index in [1.807, 2.05) is 49.4 Å². The Morgan fingerprint density at radius 2 is 1.64 bits per heavy atom. The third-order valence-electron chi connectivity index (χ3n) is 5.90. The van der Waals surface area contributed by atoms with Crippen molar-refractivity contribution in [1.29, 1.82) is 5.26 Å². The number of benzene rings is 3. The Labute approximate surface area is 201 Å². The molecule has 33 heavy (non-hydrogen) atoms. The lowest BCUT2D eigenvalue weighted by molar-refractivity contribution is 0.837. The van der Waals surface area contributed by atoms with E-state index in [-0.39, 0.29) is 5.82 Å². The molecule has 2 N–H and O–H groups in total. The molecule has 0 atom stereocenters. The van der Waals surface area contributed by atoms with E-state index in [9.17, 15) is 5.26 Å². The van der Waals surface area contributed by atoms with Crippen molar-refractivity contribution in [2.45, 2.75) is 13.5 Å². The lowest BCUT2D eigenvalue weighted by atomic mass is 9.90. The van der Waals surface area contributed by atoms with Gasteiger partial charge in [0.25, 0.3) is 0 Å². The summed E-state index contributed by atoms with van der Waals surface area (Å²) in [5, 5.41) is 11.2. The molecule has 0 fully saturated rings. The van der Waals surface area contributed by atoms with Crippen LogP contribution < -0.4 is 5.73 Å². The van der Waals surface area contributed by atoms with E-state index in [2.05, 4.69) is 74.1 Å². The maximum Gasteiger partial charge on any atom is 0.142 e. The molecule has 3 aromatic carbocycles. The molecule has 5 aromatic rings. The Bertz CT molecular complexity index is 1510. The summed E-state index contributed by atoms with van der Waals surface area (Å²) >= 11 is 3.51. The summed E-state index contributed by atoms with van der Waals surface area (Å²) in [6.07, 6.45) is 2.13. The molecule has 0 radical (unpaired) electrons. The minimum Gasteiger partial charge on any atom is -0.383 e. The van der Waals surface area contributed by atoms with E-state index in [1.54, 1.807) is 0 Å². The van der Waals surface area contributed by atoms with Gasteiger partial charge in [-0.15, -0.1) is 0 Å². The zero-order valence-electron chi connectivity index (χ0n) is 18.1. The van der Waals surface area contributed by atoms with Crippen molar-refractivity contribution in [2.75, 3.05) is 5.73 Å². The Balaban J connectivity index is 1.80. The highest BCUT2D eigenvalue weighted by Gasteiger charge is 2.22. The molecule has 0 saturated heterocycles. The van der Waals surface area contributed by atoms with Crippen LogP contribution in [0.3, 0.4) is 0 Å². The molecule has 0 amide bonds. The highest BCUT2D eigenvalue weighted by molar-refractivity contribution is 9.10. The Morgan fingerprint density at radius 1 is 0.939 bits per heavy atom. The average molecular weight is 493 g/mol. The van der Waals surface area contributed by atoms with Gasteiger partial charge in [0, 0.05) is 50.5 Å². The van der Waals surface area contributed by atoms with E-state index in [0.29, 0.717) is 5.56 Å². The molecule has 4 nitrogen and oxygen atoms in total. The predicted molar refractivity (Wildman–Crippen MR) is 138 cm³/mol. The second kappa shape index (κ2) is 8.57. The van der Waals surface area contributed by atoms with Crippen LogP contribution in [0.15, 0.2) is 89.5 Å². The number of anilines is 1. The maximum absolute atomic E-state index is 10.1. The fourth-order valence-electron chi connectivity index (χ4n) is 4.43. The molecule has 0 saturated carbocycles. The number of nitrogens with two attached hydrogens (primary N) is 1. The molecular formula is C28H21BrN4. The highest BCUT2D eigenvalue weighted by Crippen LogP contribution is 2.42. The van der Waals surface area contributed by atoms with Crippen LogP contribution in [0.4, 0.5) is 5.82 Å². The summed E-state index contributed by atoms with van der Waals surface area (Å²) < 4.78 is 3.29. The average Bonchev–Trinajstić information content (AvgIpc) is 3.19. The Kier molecular flexibility index (Phi) is 5.45. The number of halogens is 1. The van der Waals surface area contributed by atoms with Crippen LogP contribution in [0.25, 0.3) is 33.2 Å². The Morgan fingerprint density at radius 3 is 2.36 bits per heavy atom. The van der Waals surface area contributed by atoms with Gasteiger partial charge in [-0.2, -0.15) is 5.26 Å². The summed E-state index contributed by atoms with van der Waals surface area (Å²) in [7, 11) is 0. The summed E-state index contributed by atoms with van der Waals surface area (Å²) in [5.41, 5.74) is 13.5. The first-order valence-corrected chi connectivity index (χ1v) is 11.4. The van der Waals surface area contributed by atoms with Crippen LogP contribution in [-0.4, -0.2) is 9.55 Å². The molecule has 5 heteroatoms. The van der Waals surface area contributed by atoms with Crippen LogP contribution in [0, 0.1) is 18.3 Å². The summed E-state index contributed by atoms with van der Waals surface area (Å²) in [5.74, 6) is 0.259. The van der Waals surface area contributed by atoms with Crippen LogP contribution in [0.1, 0.15) is 16.8 Å². The van der Waals surface area contributed by atoms with Crippen LogP contribution in [0.5, 0.6) is 0 Å². The van der Waals surface area contributed by atoms with Crippen molar-refractivity contribution in [3.05, 3.63) is 106 Å². The van der Waals surface area contributed by atoms with E-state index >= 15 is 0 Å². The van der Waals surface area contributed by atoms with Gasteiger partial charge in [0.15, 0.2) is 0 Å². The number of pyridine rings is 1. The number of fused-ring (bicyclic) bond motifs is 1. The van der Waals surface area contributed by atoms with E-state index < -0.39 is 0 Å². The van der Waals surface area contributed by atoms with E-state index in [4.69, 9.17) is 5.73 Å². The van der Waals surface area contributed by atoms with Crippen molar-refractivity contribution in [3.63, 3.8) is 0 Å².